The number of esters is 1. The number of rotatable bonds is 8. The Kier molecular flexibility index (Phi) is 6.78. The van der Waals surface area contributed by atoms with Crippen LogP contribution >= 0.6 is 0 Å². The highest BCUT2D eigenvalue weighted by Crippen LogP contribution is 2.10. The maximum atomic E-state index is 11.2. The second-order valence-corrected chi connectivity index (χ2v) is 5.45. The van der Waals surface area contributed by atoms with E-state index in [4.69, 9.17) is 0 Å². The molecule has 0 fully saturated rings. The van der Waals surface area contributed by atoms with Gasteiger partial charge in [-0.25, -0.2) is 0 Å². The highest BCUT2D eigenvalue weighted by Gasteiger charge is 2.06. The fourth-order valence-electron chi connectivity index (χ4n) is 2.33. The summed E-state index contributed by atoms with van der Waals surface area (Å²) in [6.07, 6.45) is 0.692. The summed E-state index contributed by atoms with van der Waals surface area (Å²) in [7, 11) is 1.40. The number of nitrogens with one attached hydrogen (secondary N) is 1. The molecule has 0 saturated heterocycles. The van der Waals surface area contributed by atoms with Crippen molar-refractivity contribution in [2.24, 2.45) is 0 Å². The third kappa shape index (κ3) is 5.85. The minimum absolute atomic E-state index is 0.227. The third-order valence-corrected chi connectivity index (χ3v) is 3.71. The first-order chi connectivity index (χ1) is 11.2. The lowest BCUT2D eigenvalue weighted by atomic mass is 10.1. The molecule has 0 amide bonds. The molecule has 1 unspecified atom stereocenters. The summed E-state index contributed by atoms with van der Waals surface area (Å²) in [5.74, 6) is -0.227. The molecule has 4 nitrogen and oxygen atoms in total. The van der Waals surface area contributed by atoms with E-state index >= 15 is 0 Å². The molecular formula is C19H23NO3. The van der Waals surface area contributed by atoms with E-state index < -0.39 is 6.10 Å². The number of benzene rings is 2. The van der Waals surface area contributed by atoms with Gasteiger partial charge in [0.15, 0.2) is 0 Å². The number of aliphatic hydroxyl groups excluding tert-OH is 1. The molecule has 0 aliphatic heterocycles. The number of ether oxygens (including phenoxy) is 1. The van der Waals surface area contributed by atoms with Gasteiger partial charge in [-0.2, -0.15) is 0 Å². The minimum Gasteiger partial charge on any atom is -0.469 e. The summed E-state index contributed by atoms with van der Waals surface area (Å²) in [5.41, 5.74) is 3.07. The van der Waals surface area contributed by atoms with Crippen molar-refractivity contribution in [3.05, 3.63) is 71.3 Å². The number of carbonyl (C=O) groups is 1. The zero-order chi connectivity index (χ0) is 16.5. The molecule has 0 aliphatic rings. The zero-order valence-corrected chi connectivity index (χ0v) is 13.4. The molecule has 0 bridgehead atoms. The van der Waals surface area contributed by atoms with Gasteiger partial charge in [0.1, 0.15) is 0 Å². The van der Waals surface area contributed by atoms with Gasteiger partial charge in [-0.1, -0.05) is 54.6 Å². The van der Waals surface area contributed by atoms with Crippen LogP contribution in [-0.2, 0) is 22.4 Å². The molecule has 0 spiro atoms. The van der Waals surface area contributed by atoms with Gasteiger partial charge in [-0.15, -0.1) is 0 Å². The standard InChI is InChI=1S/C19H23NO3/c1-23-19(22)13-16-9-7-15(8-10-16)11-12-20-14-18(21)17-5-3-2-4-6-17/h2-10,18,20-21H,11-14H2,1H3. The number of methoxy groups -OCH3 is 1. The Morgan fingerprint density at radius 3 is 2.39 bits per heavy atom. The van der Waals surface area contributed by atoms with E-state index in [2.05, 4.69) is 10.1 Å². The maximum Gasteiger partial charge on any atom is 0.309 e. The first kappa shape index (κ1) is 17.2. The van der Waals surface area contributed by atoms with Crippen LogP contribution in [0.2, 0.25) is 0 Å². The van der Waals surface area contributed by atoms with Gasteiger partial charge >= 0.3 is 5.97 Å². The number of hydrogen-bond acceptors (Lipinski definition) is 4. The first-order valence-corrected chi connectivity index (χ1v) is 7.77. The molecule has 0 radical (unpaired) electrons. The number of aliphatic hydroxyl groups is 1. The highest BCUT2D eigenvalue weighted by molar-refractivity contribution is 5.72. The second kappa shape index (κ2) is 9.08. The molecule has 23 heavy (non-hydrogen) atoms. The predicted octanol–water partition coefficient (Wildman–Crippen LogP) is 2.27. The Hall–Kier alpha value is -2.17. The molecule has 0 heterocycles. The molecule has 122 valence electrons. The van der Waals surface area contributed by atoms with E-state index in [0.717, 1.165) is 24.1 Å². The van der Waals surface area contributed by atoms with Crippen LogP contribution in [0.25, 0.3) is 0 Å². The van der Waals surface area contributed by atoms with Crippen LogP contribution in [0.5, 0.6) is 0 Å². The van der Waals surface area contributed by atoms with Gasteiger partial charge in [-0.3, -0.25) is 4.79 Å². The SMILES string of the molecule is COC(=O)Cc1ccc(CCNCC(O)c2ccccc2)cc1. The Bertz CT molecular complexity index is 596. The fraction of sp³-hybridized carbons (Fsp3) is 0.316. The van der Waals surface area contributed by atoms with Crippen molar-refractivity contribution in [1.82, 2.24) is 5.32 Å². The minimum atomic E-state index is -0.487. The lowest BCUT2D eigenvalue weighted by molar-refractivity contribution is -0.139. The van der Waals surface area contributed by atoms with Gasteiger partial charge in [0.25, 0.3) is 0 Å². The molecular weight excluding hydrogens is 290 g/mol. The topological polar surface area (TPSA) is 58.6 Å². The summed E-state index contributed by atoms with van der Waals surface area (Å²) >= 11 is 0. The molecule has 1 atom stereocenters. The molecule has 0 aromatic heterocycles. The maximum absolute atomic E-state index is 11.2. The Morgan fingerprint density at radius 1 is 1.09 bits per heavy atom. The third-order valence-electron chi connectivity index (χ3n) is 3.71. The van der Waals surface area contributed by atoms with Crippen LogP contribution in [0.3, 0.4) is 0 Å². The van der Waals surface area contributed by atoms with Crippen molar-refractivity contribution in [2.45, 2.75) is 18.9 Å². The molecule has 2 N–H and O–H groups in total. The van der Waals surface area contributed by atoms with Crippen LogP contribution in [0.4, 0.5) is 0 Å². The van der Waals surface area contributed by atoms with E-state index in [1.54, 1.807) is 0 Å². The van der Waals surface area contributed by atoms with Crippen LogP contribution < -0.4 is 5.32 Å². The average Bonchev–Trinajstić information content (AvgIpc) is 2.60. The first-order valence-electron chi connectivity index (χ1n) is 7.77. The van der Waals surface area contributed by atoms with Gasteiger partial charge < -0.3 is 15.2 Å². The second-order valence-electron chi connectivity index (χ2n) is 5.45. The zero-order valence-electron chi connectivity index (χ0n) is 13.4. The van der Waals surface area contributed by atoms with Crippen molar-refractivity contribution < 1.29 is 14.6 Å². The van der Waals surface area contributed by atoms with E-state index in [9.17, 15) is 9.90 Å². The average molecular weight is 313 g/mol. The van der Waals surface area contributed by atoms with Crippen molar-refractivity contribution in [1.29, 1.82) is 0 Å². The molecule has 0 aliphatic carbocycles. The smallest absolute Gasteiger partial charge is 0.309 e. The summed E-state index contributed by atoms with van der Waals surface area (Å²) in [5, 5.41) is 13.3. The molecule has 4 heteroatoms. The summed E-state index contributed by atoms with van der Waals surface area (Å²) < 4.78 is 4.65. The quantitative estimate of drug-likeness (QED) is 0.580. The monoisotopic (exact) mass is 313 g/mol. The fourth-order valence-corrected chi connectivity index (χ4v) is 2.33. The Balaban J connectivity index is 1.71. The van der Waals surface area contributed by atoms with Crippen molar-refractivity contribution in [3.63, 3.8) is 0 Å². The van der Waals surface area contributed by atoms with Crippen LogP contribution in [0.1, 0.15) is 22.8 Å². The Labute approximate surface area is 137 Å². The van der Waals surface area contributed by atoms with Crippen molar-refractivity contribution >= 4 is 5.97 Å². The lowest BCUT2D eigenvalue weighted by Crippen LogP contribution is -2.23. The summed E-state index contributed by atoms with van der Waals surface area (Å²) in [6.45, 7) is 1.32. The summed E-state index contributed by atoms with van der Waals surface area (Å²) in [4.78, 5) is 11.2. The van der Waals surface area contributed by atoms with Crippen LogP contribution in [-0.4, -0.2) is 31.3 Å². The van der Waals surface area contributed by atoms with E-state index in [0.29, 0.717) is 13.0 Å². The molecule has 0 saturated carbocycles. The number of hydrogen-bond donors (Lipinski definition) is 2. The largest absolute Gasteiger partial charge is 0.469 e. The van der Waals surface area contributed by atoms with Gasteiger partial charge in [0.2, 0.25) is 0 Å². The van der Waals surface area contributed by atoms with E-state index in [-0.39, 0.29) is 5.97 Å². The van der Waals surface area contributed by atoms with Gasteiger partial charge in [0, 0.05) is 6.54 Å². The van der Waals surface area contributed by atoms with Crippen molar-refractivity contribution in [2.75, 3.05) is 20.2 Å². The van der Waals surface area contributed by atoms with E-state index in [1.165, 1.54) is 12.7 Å². The molecule has 2 aromatic rings. The van der Waals surface area contributed by atoms with Gasteiger partial charge in [-0.05, 0) is 29.7 Å². The highest BCUT2D eigenvalue weighted by atomic mass is 16.5. The van der Waals surface area contributed by atoms with Crippen LogP contribution in [0, 0.1) is 0 Å². The molecule has 2 aromatic carbocycles. The van der Waals surface area contributed by atoms with Crippen LogP contribution in [0.15, 0.2) is 54.6 Å². The summed E-state index contributed by atoms with van der Waals surface area (Å²) in [6, 6.07) is 17.6. The lowest BCUT2D eigenvalue weighted by Gasteiger charge is -2.12. The normalized spacial score (nSPS) is 11.9. The predicted molar refractivity (Wildman–Crippen MR) is 90.1 cm³/mol. The Morgan fingerprint density at radius 2 is 1.74 bits per heavy atom. The number of carbonyl (C=O) groups excluding carboxylic acids is 1. The molecule has 2 rings (SSSR count). The van der Waals surface area contributed by atoms with Gasteiger partial charge in [0.05, 0.1) is 19.6 Å². The van der Waals surface area contributed by atoms with E-state index in [1.807, 2.05) is 54.6 Å². The van der Waals surface area contributed by atoms with Crippen molar-refractivity contribution in [3.8, 4) is 0 Å².